The van der Waals surface area contributed by atoms with Gasteiger partial charge in [-0.3, -0.25) is 9.59 Å². The maximum absolute atomic E-state index is 12.0. The molecule has 2 aliphatic rings. The van der Waals surface area contributed by atoms with Crippen molar-refractivity contribution < 1.29 is 14.7 Å². The molecule has 0 unspecified atom stereocenters. The Morgan fingerprint density at radius 1 is 1.24 bits per heavy atom. The highest BCUT2D eigenvalue weighted by atomic mass is 16.3. The van der Waals surface area contributed by atoms with Crippen LogP contribution in [0.25, 0.3) is 0 Å². The molecule has 0 aromatic heterocycles. The first-order chi connectivity index (χ1) is 9.98. The van der Waals surface area contributed by atoms with Gasteiger partial charge in [0.15, 0.2) is 5.60 Å². The lowest BCUT2D eigenvalue weighted by Gasteiger charge is -2.44. The average Bonchev–Trinajstić information content (AvgIpc) is 3.13. The van der Waals surface area contributed by atoms with Crippen molar-refractivity contribution in [1.29, 1.82) is 0 Å². The van der Waals surface area contributed by atoms with Crippen molar-refractivity contribution >= 4 is 11.8 Å². The normalized spacial score (nSPS) is 26.0. The van der Waals surface area contributed by atoms with Crippen LogP contribution in [0.1, 0.15) is 18.4 Å². The number of benzene rings is 1. The van der Waals surface area contributed by atoms with E-state index in [0.29, 0.717) is 18.3 Å². The molecule has 1 heterocycles. The molecule has 1 saturated carbocycles. The van der Waals surface area contributed by atoms with Gasteiger partial charge in [-0.2, -0.15) is 0 Å². The number of nitrogens with zero attached hydrogens (tertiary/aromatic N) is 1. The standard InChI is InChI=1S/C16H20N2O3/c17-15(20)16(21)9-18(10-16)14(19)8-13-7-12(13)6-11-4-2-1-3-5-11/h1-5,12-13,21H,6-10H2,(H2,17,20)/t12-,13+/m1/s1. The first kappa shape index (κ1) is 14.1. The summed E-state index contributed by atoms with van der Waals surface area (Å²) in [7, 11) is 0. The minimum atomic E-state index is -1.51. The van der Waals surface area contributed by atoms with Gasteiger partial charge >= 0.3 is 0 Å². The van der Waals surface area contributed by atoms with Gasteiger partial charge < -0.3 is 15.7 Å². The second-order valence-corrected chi connectivity index (χ2v) is 6.30. The molecule has 2 atom stereocenters. The van der Waals surface area contributed by atoms with E-state index in [9.17, 15) is 14.7 Å². The quantitative estimate of drug-likeness (QED) is 0.818. The molecule has 5 nitrogen and oxygen atoms in total. The molecule has 21 heavy (non-hydrogen) atoms. The zero-order chi connectivity index (χ0) is 15.0. The SMILES string of the molecule is NC(=O)C1(O)CN(C(=O)C[C@@H]2C[C@H]2Cc2ccccc2)C1. The number of carbonyl (C=O) groups excluding carboxylic acids is 2. The lowest BCUT2D eigenvalue weighted by atomic mass is 9.93. The van der Waals surface area contributed by atoms with Gasteiger partial charge in [0.2, 0.25) is 5.91 Å². The number of nitrogens with two attached hydrogens (primary N) is 1. The van der Waals surface area contributed by atoms with Crippen LogP contribution in [-0.4, -0.2) is 40.5 Å². The summed E-state index contributed by atoms with van der Waals surface area (Å²) in [6.45, 7) is 0.0779. The number of likely N-dealkylation sites (tertiary alicyclic amines) is 1. The summed E-state index contributed by atoms with van der Waals surface area (Å²) in [4.78, 5) is 24.6. The molecular formula is C16H20N2O3. The maximum Gasteiger partial charge on any atom is 0.253 e. The molecule has 112 valence electrons. The van der Waals surface area contributed by atoms with Gasteiger partial charge in [0.25, 0.3) is 5.91 Å². The van der Waals surface area contributed by atoms with E-state index in [0.717, 1.165) is 12.8 Å². The Labute approximate surface area is 123 Å². The number of amides is 2. The van der Waals surface area contributed by atoms with Crippen LogP contribution in [0.2, 0.25) is 0 Å². The summed E-state index contributed by atoms with van der Waals surface area (Å²) >= 11 is 0. The van der Waals surface area contributed by atoms with E-state index in [-0.39, 0.29) is 19.0 Å². The predicted octanol–water partition coefficient (Wildman–Crippen LogP) is 0.314. The highest BCUT2D eigenvalue weighted by Crippen LogP contribution is 2.44. The Balaban J connectivity index is 1.43. The maximum atomic E-state index is 12.0. The van der Waals surface area contributed by atoms with Crippen molar-refractivity contribution in [3.8, 4) is 0 Å². The van der Waals surface area contributed by atoms with Crippen molar-refractivity contribution in [2.75, 3.05) is 13.1 Å². The third-order valence-electron chi connectivity index (χ3n) is 4.56. The average molecular weight is 288 g/mol. The molecule has 1 saturated heterocycles. The van der Waals surface area contributed by atoms with Crippen molar-refractivity contribution in [3.63, 3.8) is 0 Å². The minimum absolute atomic E-state index is 0.0153. The van der Waals surface area contributed by atoms with E-state index in [2.05, 4.69) is 12.1 Å². The van der Waals surface area contributed by atoms with Crippen LogP contribution < -0.4 is 5.73 Å². The van der Waals surface area contributed by atoms with E-state index in [1.807, 2.05) is 18.2 Å². The Morgan fingerprint density at radius 3 is 2.52 bits per heavy atom. The van der Waals surface area contributed by atoms with Crippen molar-refractivity contribution in [2.45, 2.75) is 24.9 Å². The van der Waals surface area contributed by atoms with Crippen LogP contribution in [0.5, 0.6) is 0 Å². The van der Waals surface area contributed by atoms with Gasteiger partial charge in [0.1, 0.15) is 0 Å². The van der Waals surface area contributed by atoms with Gasteiger partial charge in [-0.05, 0) is 30.2 Å². The molecule has 3 rings (SSSR count). The van der Waals surface area contributed by atoms with Gasteiger partial charge in [-0.25, -0.2) is 0 Å². The van der Waals surface area contributed by atoms with Crippen LogP contribution in [-0.2, 0) is 16.0 Å². The summed E-state index contributed by atoms with van der Waals surface area (Å²) in [6.07, 6.45) is 2.60. The number of β-amino-alcohol motifs (C(OH)–C–C–N with tert-alkyl or cyclic N) is 1. The van der Waals surface area contributed by atoms with Gasteiger partial charge in [-0.1, -0.05) is 30.3 Å². The molecule has 1 aromatic rings. The van der Waals surface area contributed by atoms with E-state index >= 15 is 0 Å². The Kier molecular flexibility index (Phi) is 3.45. The largest absolute Gasteiger partial charge is 0.377 e. The number of aliphatic hydroxyl groups is 1. The summed E-state index contributed by atoms with van der Waals surface area (Å²) in [5.74, 6) is 0.272. The fourth-order valence-corrected chi connectivity index (χ4v) is 3.00. The number of hydrogen-bond acceptors (Lipinski definition) is 3. The number of primary amides is 1. The zero-order valence-electron chi connectivity index (χ0n) is 11.9. The molecule has 2 amide bonds. The summed E-state index contributed by atoms with van der Waals surface area (Å²) < 4.78 is 0. The smallest absolute Gasteiger partial charge is 0.253 e. The van der Waals surface area contributed by atoms with E-state index in [1.54, 1.807) is 0 Å². The first-order valence-electron chi connectivity index (χ1n) is 7.32. The van der Waals surface area contributed by atoms with Gasteiger partial charge in [0, 0.05) is 6.42 Å². The van der Waals surface area contributed by atoms with E-state index in [1.165, 1.54) is 10.5 Å². The Hall–Kier alpha value is -1.88. The molecule has 3 N–H and O–H groups in total. The molecule has 1 aliphatic carbocycles. The molecule has 1 aromatic carbocycles. The molecule has 0 spiro atoms. The highest BCUT2D eigenvalue weighted by molar-refractivity contribution is 5.88. The summed E-state index contributed by atoms with van der Waals surface area (Å²) in [5, 5.41) is 9.73. The Bertz CT molecular complexity index is 552. The molecule has 1 aliphatic heterocycles. The summed E-state index contributed by atoms with van der Waals surface area (Å²) in [5.41, 5.74) is 4.89. The van der Waals surface area contributed by atoms with E-state index in [4.69, 9.17) is 5.73 Å². The lowest BCUT2D eigenvalue weighted by molar-refractivity contribution is -0.166. The molecule has 2 fully saturated rings. The fourth-order valence-electron chi connectivity index (χ4n) is 3.00. The van der Waals surface area contributed by atoms with Crippen LogP contribution in [0.4, 0.5) is 0 Å². The second-order valence-electron chi connectivity index (χ2n) is 6.30. The molecule has 5 heteroatoms. The number of carbonyl (C=O) groups is 2. The predicted molar refractivity (Wildman–Crippen MR) is 77.1 cm³/mol. The minimum Gasteiger partial charge on any atom is -0.377 e. The Morgan fingerprint density at radius 2 is 1.90 bits per heavy atom. The first-order valence-corrected chi connectivity index (χ1v) is 7.32. The highest BCUT2D eigenvalue weighted by Gasteiger charge is 2.49. The molecule has 0 bridgehead atoms. The van der Waals surface area contributed by atoms with Crippen LogP contribution in [0.15, 0.2) is 30.3 Å². The van der Waals surface area contributed by atoms with Crippen LogP contribution in [0, 0.1) is 11.8 Å². The van der Waals surface area contributed by atoms with Crippen molar-refractivity contribution in [3.05, 3.63) is 35.9 Å². The fraction of sp³-hybridized carbons (Fsp3) is 0.500. The monoisotopic (exact) mass is 288 g/mol. The van der Waals surface area contributed by atoms with Gasteiger partial charge in [0.05, 0.1) is 13.1 Å². The zero-order valence-corrected chi connectivity index (χ0v) is 11.9. The topological polar surface area (TPSA) is 83.6 Å². The van der Waals surface area contributed by atoms with Gasteiger partial charge in [-0.15, -0.1) is 0 Å². The second kappa shape index (κ2) is 5.15. The third kappa shape index (κ3) is 2.93. The number of hydrogen-bond donors (Lipinski definition) is 2. The molecule has 0 radical (unpaired) electrons. The summed E-state index contributed by atoms with van der Waals surface area (Å²) in [6, 6.07) is 10.3. The third-order valence-corrected chi connectivity index (χ3v) is 4.56. The van der Waals surface area contributed by atoms with Crippen molar-refractivity contribution in [2.24, 2.45) is 17.6 Å². The van der Waals surface area contributed by atoms with Crippen LogP contribution in [0.3, 0.4) is 0 Å². The van der Waals surface area contributed by atoms with E-state index < -0.39 is 11.5 Å². The van der Waals surface area contributed by atoms with Crippen LogP contribution >= 0.6 is 0 Å². The van der Waals surface area contributed by atoms with Crippen molar-refractivity contribution in [1.82, 2.24) is 4.90 Å². The number of rotatable bonds is 5. The lowest BCUT2D eigenvalue weighted by Crippen LogP contribution is -2.69. The molecular weight excluding hydrogens is 268 g/mol.